The highest BCUT2D eigenvalue weighted by Gasteiger charge is 2.19. The summed E-state index contributed by atoms with van der Waals surface area (Å²) in [5, 5.41) is 6.74. The molecule has 12 aromatic rings. The third kappa shape index (κ3) is 4.75. The van der Waals surface area contributed by atoms with Crippen molar-refractivity contribution in [2.75, 3.05) is 4.90 Å². The monoisotopic (exact) mass is 724 g/mol. The van der Waals surface area contributed by atoms with E-state index in [1.165, 1.54) is 20.2 Å². The molecule has 0 saturated carbocycles. The number of thiophene rings is 1. The van der Waals surface area contributed by atoms with Gasteiger partial charge in [-0.25, -0.2) is 4.98 Å². The molecule has 0 saturated heterocycles. The van der Waals surface area contributed by atoms with E-state index in [0.717, 1.165) is 88.7 Å². The lowest BCUT2D eigenvalue weighted by Gasteiger charge is -2.26. The van der Waals surface area contributed by atoms with Gasteiger partial charge in [0.2, 0.25) is 5.89 Å². The zero-order chi connectivity index (χ0) is 36.0. The van der Waals surface area contributed by atoms with Gasteiger partial charge >= 0.3 is 0 Å². The van der Waals surface area contributed by atoms with Crippen LogP contribution in [0.4, 0.5) is 17.1 Å². The lowest BCUT2D eigenvalue weighted by molar-refractivity contribution is 0.619. The fourth-order valence-corrected chi connectivity index (χ4v) is 9.23. The van der Waals surface area contributed by atoms with Crippen LogP contribution >= 0.6 is 11.3 Å². The minimum Gasteiger partial charge on any atom is -0.456 e. The molecule has 0 radical (unpaired) electrons. The molecule has 0 aliphatic heterocycles. The summed E-state index contributed by atoms with van der Waals surface area (Å²) in [6.07, 6.45) is 0. The van der Waals surface area contributed by atoms with Gasteiger partial charge in [-0.05, 0) is 102 Å². The summed E-state index contributed by atoms with van der Waals surface area (Å²) in [6, 6.07) is 59.3. The highest BCUT2D eigenvalue weighted by atomic mass is 32.1. The molecule has 5 nitrogen and oxygen atoms in total. The summed E-state index contributed by atoms with van der Waals surface area (Å²) in [6.45, 7) is 0. The van der Waals surface area contributed by atoms with Crippen LogP contribution in [-0.2, 0) is 0 Å². The van der Waals surface area contributed by atoms with Gasteiger partial charge in [0.05, 0.1) is 5.39 Å². The van der Waals surface area contributed by atoms with Gasteiger partial charge in [-0.1, -0.05) is 78.9 Å². The van der Waals surface area contributed by atoms with Crippen LogP contribution < -0.4 is 4.90 Å². The standard InChI is InChI=1S/C49H28N2O3S/c1-2-8-30(9-3-1)49-50-48-44(54-49)25-24-43-47(48)39-26-31(16-22-42(39)53-43)29-14-17-32(18-15-29)51(33-20-23-41-38(27-33)35-10-4-6-12-40(35)52-41)34-19-21-37-36-11-5-7-13-45(36)55-46(37)28-34/h1-28H. The van der Waals surface area contributed by atoms with Crippen molar-refractivity contribution in [1.29, 1.82) is 0 Å². The normalized spacial score (nSPS) is 12.0. The third-order valence-corrected chi connectivity index (χ3v) is 11.8. The van der Waals surface area contributed by atoms with Gasteiger partial charge in [0.15, 0.2) is 5.58 Å². The van der Waals surface area contributed by atoms with E-state index in [0.29, 0.717) is 5.89 Å². The average Bonchev–Trinajstić information content (AvgIpc) is 4.02. The van der Waals surface area contributed by atoms with Gasteiger partial charge in [0, 0.05) is 59.0 Å². The number of nitrogens with zero attached hydrogens (tertiary/aromatic N) is 2. The summed E-state index contributed by atoms with van der Waals surface area (Å²) in [5.74, 6) is 0.598. The smallest absolute Gasteiger partial charge is 0.227 e. The lowest BCUT2D eigenvalue weighted by atomic mass is 10.0. The molecule has 0 atom stereocenters. The first-order chi connectivity index (χ1) is 27.2. The predicted octanol–water partition coefficient (Wildman–Crippen LogP) is 14.8. The molecule has 12 rings (SSSR count). The first kappa shape index (κ1) is 30.3. The second-order valence-electron chi connectivity index (χ2n) is 13.9. The summed E-state index contributed by atoms with van der Waals surface area (Å²) in [5.41, 5.74) is 11.3. The molecular formula is C49H28N2O3S. The Hall–Kier alpha value is -7.15. The molecule has 0 fully saturated rings. The van der Waals surface area contributed by atoms with Crippen molar-refractivity contribution in [3.8, 4) is 22.6 Å². The maximum absolute atomic E-state index is 6.32. The van der Waals surface area contributed by atoms with Crippen molar-refractivity contribution in [1.82, 2.24) is 4.98 Å². The number of fused-ring (bicyclic) bond motifs is 11. The van der Waals surface area contributed by atoms with Crippen molar-refractivity contribution in [3.05, 3.63) is 170 Å². The van der Waals surface area contributed by atoms with Crippen LogP contribution in [0.15, 0.2) is 183 Å². The van der Waals surface area contributed by atoms with Gasteiger partial charge in [-0.15, -0.1) is 11.3 Å². The van der Waals surface area contributed by atoms with E-state index >= 15 is 0 Å². The summed E-state index contributed by atoms with van der Waals surface area (Å²) in [4.78, 5) is 7.29. The minimum absolute atomic E-state index is 0.598. The van der Waals surface area contributed by atoms with E-state index in [-0.39, 0.29) is 0 Å². The molecule has 0 aliphatic carbocycles. The fraction of sp³-hybridized carbons (Fsp3) is 0. The fourth-order valence-electron chi connectivity index (χ4n) is 8.09. The predicted molar refractivity (Wildman–Crippen MR) is 227 cm³/mol. The average molecular weight is 725 g/mol. The molecule has 4 aromatic heterocycles. The molecule has 0 bridgehead atoms. The van der Waals surface area contributed by atoms with Crippen molar-refractivity contribution in [2.24, 2.45) is 0 Å². The zero-order valence-electron chi connectivity index (χ0n) is 29.2. The van der Waals surface area contributed by atoms with Gasteiger partial charge in [0.1, 0.15) is 27.8 Å². The largest absolute Gasteiger partial charge is 0.456 e. The molecule has 0 N–H and O–H groups in total. The quantitative estimate of drug-likeness (QED) is 0.177. The minimum atomic E-state index is 0.598. The Morgan fingerprint density at radius 2 is 1.02 bits per heavy atom. The number of oxazole rings is 1. The van der Waals surface area contributed by atoms with Crippen LogP contribution in [0.5, 0.6) is 0 Å². The van der Waals surface area contributed by atoms with E-state index in [1.807, 2.05) is 65.9 Å². The molecule has 0 amide bonds. The van der Waals surface area contributed by atoms with Gasteiger partial charge < -0.3 is 18.2 Å². The number of benzene rings is 8. The first-order valence-corrected chi connectivity index (χ1v) is 19.1. The Labute approximate surface area is 317 Å². The van der Waals surface area contributed by atoms with Crippen LogP contribution in [0.2, 0.25) is 0 Å². The summed E-state index contributed by atoms with van der Waals surface area (Å²) in [7, 11) is 0. The summed E-state index contributed by atoms with van der Waals surface area (Å²) >= 11 is 1.83. The Kier molecular flexibility index (Phi) is 6.44. The van der Waals surface area contributed by atoms with Gasteiger partial charge in [-0.3, -0.25) is 0 Å². The van der Waals surface area contributed by atoms with Crippen LogP contribution in [0.25, 0.3) is 97.7 Å². The lowest BCUT2D eigenvalue weighted by Crippen LogP contribution is -2.09. The van der Waals surface area contributed by atoms with Crippen LogP contribution in [-0.4, -0.2) is 4.98 Å². The van der Waals surface area contributed by atoms with E-state index in [1.54, 1.807) is 0 Å². The molecule has 55 heavy (non-hydrogen) atoms. The number of anilines is 3. The Morgan fingerprint density at radius 1 is 0.382 bits per heavy atom. The number of hydrogen-bond acceptors (Lipinski definition) is 6. The number of aromatic nitrogens is 1. The number of hydrogen-bond donors (Lipinski definition) is 0. The number of rotatable bonds is 5. The van der Waals surface area contributed by atoms with Crippen LogP contribution in [0.1, 0.15) is 0 Å². The highest BCUT2D eigenvalue weighted by Crippen LogP contribution is 2.43. The Bertz CT molecular complexity index is 3440. The molecule has 6 heteroatoms. The SMILES string of the molecule is c1ccc(-c2nc3c(ccc4oc5ccc(-c6ccc(N(c7ccc8c(c7)sc7ccccc78)c7ccc8oc9ccccc9c8c7)cc6)cc5c43)o2)cc1. The van der Waals surface area contributed by atoms with Crippen LogP contribution in [0, 0.1) is 0 Å². The Balaban J connectivity index is 0.984. The van der Waals surface area contributed by atoms with Crippen molar-refractivity contribution < 1.29 is 13.3 Å². The zero-order valence-corrected chi connectivity index (χ0v) is 30.0. The first-order valence-electron chi connectivity index (χ1n) is 18.3. The van der Waals surface area contributed by atoms with Crippen molar-refractivity contribution >= 4 is 104 Å². The highest BCUT2D eigenvalue weighted by molar-refractivity contribution is 7.25. The molecular weight excluding hydrogens is 697 g/mol. The van der Waals surface area contributed by atoms with E-state index in [4.69, 9.17) is 18.2 Å². The second kappa shape index (κ2) is 11.7. The third-order valence-electron chi connectivity index (χ3n) is 10.7. The van der Waals surface area contributed by atoms with Gasteiger partial charge in [-0.2, -0.15) is 0 Å². The summed E-state index contributed by atoms with van der Waals surface area (Å²) < 4.78 is 21.3. The Morgan fingerprint density at radius 3 is 1.93 bits per heavy atom. The number of furan rings is 2. The van der Waals surface area contributed by atoms with Crippen molar-refractivity contribution in [3.63, 3.8) is 0 Å². The van der Waals surface area contributed by atoms with E-state index in [9.17, 15) is 0 Å². The molecule has 0 unspecified atom stereocenters. The van der Waals surface area contributed by atoms with Gasteiger partial charge in [0.25, 0.3) is 0 Å². The van der Waals surface area contributed by atoms with Crippen LogP contribution in [0.3, 0.4) is 0 Å². The topological polar surface area (TPSA) is 55.6 Å². The maximum atomic E-state index is 6.32. The maximum Gasteiger partial charge on any atom is 0.227 e. The molecule has 0 spiro atoms. The second-order valence-corrected chi connectivity index (χ2v) is 15.0. The number of para-hydroxylation sites is 1. The molecule has 258 valence electrons. The molecule has 4 heterocycles. The van der Waals surface area contributed by atoms with E-state index in [2.05, 4.69) is 120 Å². The van der Waals surface area contributed by atoms with E-state index < -0.39 is 0 Å². The molecule has 8 aromatic carbocycles. The molecule has 0 aliphatic rings. The van der Waals surface area contributed by atoms with Crippen molar-refractivity contribution in [2.45, 2.75) is 0 Å².